The minimum Gasteiger partial charge on any atom is -0.508 e. The Morgan fingerprint density at radius 3 is 2.60 bits per heavy atom. The number of aryl methyl sites for hydroxylation is 1. The molecular weight excluding hydrogens is 874 g/mol. The fourth-order valence-corrected chi connectivity index (χ4v) is 10.5. The third-order valence-electron chi connectivity index (χ3n) is 14.1. The molecule has 17 nitrogen and oxygen atoms in total. The van der Waals surface area contributed by atoms with Crippen LogP contribution in [0.5, 0.6) is 5.75 Å². The molecule has 4 N–H and O–H groups in total. The lowest BCUT2D eigenvalue weighted by Gasteiger charge is -2.36. The van der Waals surface area contributed by atoms with E-state index in [2.05, 4.69) is 53.5 Å². The van der Waals surface area contributed by atoms with E-state index in [-0.39, 0.29) is 56.3 Å². The van der Waals surface area contributed by atoms with Gasteiger partial charge in [-0.05, 0) is 92.0 Å². The van der Waals surface area contributed by atoms with Crippen molar-refractivity contribution in [3.63, 3.8) is 0 Å². The Morgan fingerprint density at radius 2 is 1.90 bits per heavy atom. The van der Waals surface area contributed by atoms with E-state index in [1.165, 1.54) is 17.0 Å². The van der Waals surface area contributed by atoms with E-state index in [9.17, 15) is 29.2 Å². The number of rotatable bonds is 10. The molecule has 0 spiro atoms. The molecule has 18 heteroatoms. The van der Waals surface area contributed by atoms with Gasteiger partial charge in [0.2, 0.25) is 22.4 Å². The molecule has 6 heterocycles. The molecule has 4 amide bonds. The lowest BCUT2D eigenvalue weighted by atomic mass is 9.83. The minimum absolute atomic E-state index is 0.0448. The number of aromatic nitrogens is 1. The number of carbonyl (C=O) groups excluding carboxylic acids is 4. The third-order valence-corrected chi connectivity index (χ3v) is 14.1. The molecule has 1 aromatic heterocycles. The Bertz CT molecular complexity index is 2550. The van der Waals surface area contributed by atoms with E-state index in [4.69, 9.17) is 14.6 Å². The van der Waals surface area contributed by atoms with Gasteiger partial charge in [0, 0.05) is 87.7 Å². The first-order valence-electron chi connectivity index (χ1n) is 24.1. The fraction of sp³-hybridized carbons (Fsp3) is 0.580. The zero-order valence-electron chi connectivity index (χ0n) is 40.6. The van der Waals surface area contributed by atoms with Crippen LogP contribution in [0.2, 0.25) is 0 Å². The van der Waals surface area contributed by atoms with Gasteiger partial charge in [0.05, 0.1) is 35.0 Å². The number of phenolic OH excluding ortho intramolecular Hbond substituents is 1. The predicted molar refractivity (Wildman–Crippen MR) is 255 cm³/mol. The van der Waals surface area contributed by atoms with E-state index in [1.54, 1.807) is 33.1 Å². The summed E-state index contributed by atoms with van der Waals surface area (Å²) < 4.78 is 24.6. The quantitative estimate of drug-likeness (QED) is 0.205. The second-order valence-electron chi connectivity index (χ2n) is 20.3. The van der Waals surface area contributed by atoms with Gasteiger partial charge < -0.3 is 34.8 Å². The maximum Gasteiger partial charge on any atom is 0.326 e. The molecule has 6 bridgehead atoms. The zero-order chi connectivity index (χ0) is 48.8. The van der Waals surface area contributed by atoms with Gasteiger partial charge in [-0.3, -0.25) is 29.2 Å². The zero-order valence-corrected chi connectivity index (χ0v) is 40.6. The Kier molecular flexibility index (Phi) is 13.9. The van der Waals surface area contributed by atoms with Crippen molar-refractivity contribution < 1.29 is 43.2 Å². The average Bonchev–Trinajstić information content (AvgIpc) is 4.03. The number of methoxy groups -OCH3 is 1. The molecule has 0 saturated carbocycles. The number of fused-ring (bicyclic) bond motifs is 6. The number of likely N-dealkylation sites (tertiary alicyclic amines) is 1. The number of nitrogens with zero attached hydrogens (tertiary/aromatic N) is 6. The molecule has 6 atom stereocenters. The largest absolute Gasteiger partial charge is 0.508 e. The van der Waals surface area contributed by atoms with Gasteiger partial charge in [-0.25, -0.2) is 9.23 Å². The molecule has 8 rings (SSSR count). The third kappa shape index (κ3) is 9.77. The van der Waals surface area contributed by atoms with Gasteiger partial charge in [0.25, 0.3) is 11.8 Å². The lowest BCUT2D eigenvalue weighted by molar-refractivity contribution is -0.835. The average molecular weight is 941 g/mol. The van der Waals surface area contributed by atoms with Crippen molar-refractivity contribution >= 4 is 46.3 Å². The smallest absolute Gasteiger partial charge is 0.326 e. The number of aliphatic imine (C=N–C) groups is 1. The molecule has 3 fully saturated rings. The number of nitrogens with one attached hydrogen (secondary N) is 3. The highest BCUT2D eigenvalue weighted by molar-refractivity contribution is 5.96. The van der Waals surface area contributed by atoms with Crippen LogP contribution in [0, 0.1) is 16.2 Å². The summed E-state index contributed by atoms with van der Waals surface area (Å²) in [5, 5.41) is 19.5. The van der Waals surface area contributed by atoms with Gasteiger partial charge in [0.1, 0.15) is 17.8 Å². The molecular formula is C50H67FN9O8+. The lowest BCUT2D eigenvalue weighted by Crippen LogP contribution is -2.63. The number of hydrogen-bond acceptors (Lipinski definition) is 11. The van der Waals surface area contributed by atoms with Crippen LogP contribution in [0.3, 0.4) is 0 Å². The maximum atomic E-state index is 16.5. The Morgan fingerprint density at radius 1 is 1.13 bits per heavy atom. The van der Waals surface area contributed by atoms with Gasteiger partial charge in [-0.2, -0.15) is 5.43 Å². The van der Waals surface area contributed by atoms with Crippen LogP contribution in [0.4, 0.5) is 4.39 Å². The van der Waals surface area contributed by atoms with Gasteiger partial charge >= 0.3 is 6.17 Å². The number of allylic oxidation sites excluding steroid dienone is 1. The molecule has 5 aliphatic heterocycles. The summed E-state index contributed by atoms with van der Waals surface area (Å²) in [6, 6.07) is 8.49. The molecule has 5 aliphatic rings. The van der Waals surface area contributed by atoms with Gasteiger partial charge in [-0.1, -0.05) is 39.8 Å². The second-order valence-corrected chi connectivity index (χ2v) is 20.3. The molecule has 2 aromatic carbocycles. The summed E-state index contributed by atoms with van der Waals surface area (Å²) in [5.74, 6) is -2.98. The normalized spacial score (nSPS) is 25.0. The van der Waals surface area contributed by atoms with Crippen molar-refractivity contribution in [3.8, 4) is 16.9 Å². The fourth-order valence-electron chi connectivity index (χ4n) is 10.5. The Labute approximate surface area is 396 Å². The minimum atomic E-state index is -2.40. The van der Waals surface area contributed by atoms with Crippen LogP contribution in [-0.4, -0.2) is 142 Å². The highest BCUT2D eigenvalue weighted by atomic mass is 19.1. The number of benzene rings is 2. The monoisotopic (exact) mass is 941 g/mol. The summed E-state index contributed by atoms with van der Waals surface area (Å²) in [6.07, 6.45) is 3.38. The summed E-state index contributed by atoms with van der Waals surface area (Å²) in [4.78, 5) is 83.7. The first-order valence-corrected chi connectivity index (χ1v) is 24.1. The molecule has 0 radical (unpaired) electrons. The van der Waals surface area contributed by atoms with Crippen molar-refractivity contribution in [1.82, 2.24) is 35.4 Å². The number of ether oxygens (including phenoxy) is 1. The van der Waals surface area contributed by atoms with Crippen LogP contribution >= 0.6 is 0 Å². The highest BCUT2D eigenvalue weighted by Gasteiger charge is 2.52. The van der Waals surface area contributed by atoms with Crippen LogP contribution in [0.1, 0.15) is 90.5 Å². The van der Waals surface area contributed by atoms with E-state index in [1.807, 2.05) is 25.3 Å². The molecule has 68 heavy (non-hydrogen) atoms. The molecule has 366 valence electrons. The topological polar surface area (TPSA) is 200 Å². The number of hydrazine groups is 1. The van der Waals surface area contributed by atoms with Crippen molar-refractivity contribution in [3.05, 3.63) is 63.8 Å². The number of hydrogen-bond donors (Lipinski definition) is 4. The first kappa shape index (κ1) is 48.7. The predicted octanol–water partition coefficient (Wildman–Crippen LogP) is 4.81. The number of amides is 4. The second kappa shape index (κ2) is 19.3. The summed E-state index contributed by atoms with van der Waals surface area (Å²) in [5.41, 5.74) is 7.26. The van der Waals surface area contributed by atoms with Crippen LogP contribution in [-0.2, 0) is 48.1 Å². The van der Waals surface area contributed by atoms with Crippen LogP contribution in [0.25, 0.3) is 27.6 Å². The number of alkyl halides is 1. The van der Waals surface area contributed by atoms with Gasteiger partial charge in [-0.15, -0.1) is 0 Å². The van der Waals surface area contributed by atoms with E-state index < -0.39 is 59.5 Å². The summed E-state index contributed by atoms with van der Waals surface area (Å²) in [7, 11) is 3.05. The van der Waals surface area contributed by atoms with Gasteiger partial charge in [0.15, 0.2) is 6.61 Å². The van der Waals surface area contributed by atoms with Crippen molar-refractivity contribution in [2.45, 2.75) is 129 Å². The molecule has 0 unspecified atom stereocenters. The number of phenols is 1. The van der Waals surface area contributed by atoms with E-state index in [0.717, 1.165) is 56.7 Å². The highest BCUT2D eigenvalue weighted by Crippen LogP contribution is 2.42. The Balaban J connectivity index is 1.18. The first-order chi connectivity index (χ1) is 32.3. The maximum absolute atomic E-state index is 16.5. The molecule has 3 saturated heterocycles. The molecule has 3 aromatic rings. The standard InChI is InChI=1S/C50H66FN9O8/c1-9-58-40-15-14-32-24-36(40)37(44(58)35-12-10-17-52-42(35)30(4)67-8)25-49(5,6)28-68-60(66)41-13-11-18-59(55-41)47(64)38(22-31-20-33(32)23-34(61)21-31)54-45(62)43(29(2)3)56(7)48(65)50(51)16-19-57(27-50)46(63)39-26-53-39/h14-15,17,20-21,23-24,29-30,38-39,41,43,53,55H,9-13,16,18-19,22,25-28H2,1-8H3,(H-,54,61,62)/p+1/t30-,38-,39-,41+,43-,50+/m0/s1. The number of likely N-dealkylation sites (N-methyl/N-ethyl adjacent to an activating group) is 1. The van der Waals surface area contributed by atoms with Crippen LogP contribution in [0.15, 0.2) is 47.1 Å². The number of aromatic hydroxyl groups is 1. The molecule has 0 aliphatic carbocycles. The van der Waals surface area contributed by atoms with E-state index in [0.29, 0.717) is 48.4 Å². The SMILES string of the molecule is CCn1c(C2=C([C@H](C)OC)N=CCC2)c2c3cc(ccc31)-c1cc(O)cc(c1)C[C@H](NC(=O)[C@H](C(C)C)N(C)C(=O)[C@@]1(F)CCN(C(=O)[C@@H]3CN3)C1)C(=O)N1CCC[C@H](N1)[N+](=O)OCC(C)(C)C2. The summed E-state index contributed by atoms with van der Waals surface area (Å²) >= 11 is 0. The van der Waals surface area contributed by atoms with Crippen molar-refractivity contribution in [1.29, 1.82) is 0 Å². The Hall–Kier alpha value is -5.72. The van der Waals surface area contributed by atoms with Crippen LogP contribution < -0.4 is 16.1 Å². The van der Waals surface area contributed by atoms with E-state index >= 15 is 4.39 Å². The number of halogens is 1. The summed E-state index contributed by atoms with van der Waals surface area (Å²) in [6.45, 7) is 12.8. The van der Waals surface area contributed by atoms with Crippen molar-refractivity contribution in [2.24, 2.45) is 16.3 Å². The number of carbonyl (C=O) groups is 4. The van der Waals surface area contributed by atoms with Crippen molar-refractivity contribution in [2.75, 3.05) is 46.9 Å².